The van der Waals surface area contributed by atoms with Crippen LogP contribution in [0.2, 0.25) is 0 Å². The molecule has 7 heteroatoms. The molecule has 0 atom stereocenters. The molecule has 1 aromatic rings. The second kappa shape index (κ2) is 6.82. The highest BCUT2D eigenvalue weighted by atomic mass is 16.4. The SMILES string of the molecule is O=C(O)C=CC(=O)O.O=C(O)c1ccco1. The van der Waals surface area contributed by atoms with Crippen LogP contribution >= 0.6 is 0 Å². The lowest BCUT2D eigenvalue weighted by Gasteiger charge is -1.79. The lowest BCUT2D eigenvalue weighted by Crippen LogP contribution is -1.91. The minimum Gasteiger partial charge on any atom is -0.478 e. The van der Waals surface area contributed by atoms with Crippen LogP contribution in [-0.2, 0) is 9.59 Å². The van der Waals surface area contributed by atoms with Gasteiger partial charge in [0.25, 0.3) is 0 Å². The van der Waals surface area contributed by atoms with Crippen molar-refractivity contribution in [1.29, 1.82) is 0 Å². The van der Waals surface area contributed by atoms with E-state index in [1.807, 2.05) is 0 Å². The van der Waals surface area contributed by atoms with Crippen molar-refractivity contribution in [2.45, 2.75) is 0 Å². The van der Waals surface area contributed by atoms with Crippen LogP contribution in [0.1, 0.15) is 10.6 Å². The second-order valence-electron chi connectivity index (χ2n) is 2.29. The Hall–Kier alpha value is -2.57. The van der Waals surface area contributed by atoms with E-state index in [0.29, 0.717) is 12.2 Å². The van der Waals surface area contributed by atoms with E-state index in [-0.39, 0.29) is 5.76 Å². The summed E-state index contributed by atoms with van der Waals surface area (Å²) in [6.07, 6.45) is 2.44. The first-order chi connectivity index (χ1) is 7.43. The summed E-state index contributed by atoms with van der Waals surface area (Å²) in [6, 6.07) is 2.92. The summed E-state index contributed by atoms with van der Waals surface area (Å²) in [5, 5.41) is 23.8. The van der Waals surface area contributed by atoms with Crippen molar-refractivity contribution in [3.05, 3.63) is 36.3 Å². The first kappa shape index (κ1) is 13.4. The molecule has 0 spiro atoms. The molecule has 1 heterocycles. The predicted molar refractivity (Wildman–Crippen MR) is 50.1 cm³/mol. The summed E-state index contributed by atoms with van der Waals surface area (Å²) in [5.41, 5.74) is 0. The molecule has 0 aliphatic heterocycles. The Morgan fingerprint density at radius 2 is 1.56 bits per heavy atom. The fraction of sp³-hybridized carbons (Fsp3) is 0. The van der Waals surface area contributed by atoms with Gasteiger partial charge in [0.15, 0.2) is 0 Å². The molecule has 1 aromatic heterocycles. The Morgan fingerprint density at radius 1 is 1.06 bits per heavy atom. The van der Waals surface area contributed by atoms with Crippen LogP contribution in [0.15, 0.2) is 35.0 Å². The van der Waals surface area contributed by atoms with Crippen molar-refractivity contribution in [2.24, 2.45) is 0 Å². The van der Waals surface area contributed by atoms with Crippen molar-refractivity contribution in [3.8, 4) is 0 Å². The van der Waals surface area contributed by atoms with E-state index in [9.17, 15) is 14.4 Å². The van der Waals surface area contributed by atoms with Crippen molar-refractivity contribution < 1.29 is 34.1 Å². The van der Waals surface area contributed by atoms with Gasteiger partial charge in [-0.3, -0.25) is 0 Å². The molecule has 0 amide bonds. The number of carbonyl (C=O) groups is 3. The molecule has 0 radical (unpaired) electrons. The zero-order valence-corrected chi connectivity index (χ0v) is 7.86. The normalized spacial score (nSPS) is 9.25. The van der Waals surface area contributed by atoms with Gasteiger partial charge in [-0.15, -0.1) is 0 Å². The molecule has 0 saturated heterocycles. The Morgan fingerprint density at radius 3 is 1.75 bits per heavy atom. The molecule has 7 nitrogen and oxygen atoms in total. The third-order valence-electron chi connectivity index (χ3n) is 1.10. The summed E-state index contributed by atoms with van der Waals surface area (Å²) in [6.45, 7) is 0. The number of aromatic carboxylic acids is 1. The maximum Gasteiger partial charge on any atom is 0.371 e. The highest BCUT2D eigenvalue weighted by Gasteiger charge is 2.01. The van der Waals surface area contributed by atoms with Crippen LogP contribution in [-0.4, -0.2) is 33.2 Å². The van der Waals surface area contributed by atoms with Gasteiger partial charge in [0.05, 0.1) is 6.26 Å². The van der Waals surface area contributed by atoms with Gasteiger partial charge in [-0.05, 0) is 12.1 Å². The molecular weight excluding hydrogens is 220 g/mol. The smallest absolute Gasteiger partial charge is 0.371 e. The predicted octanol–water partition coefficient (Wildman–Crippen LogP) is 0.690. The second-order valence-corrected chi connectivity index (χ2v) is 2.29. The number of furan rings is 1. The van der Waals surface area contributed by atoms with Gasteiger partial charge < -0.3 is 19.7 Å². The summed E-state index contributed by atoms with van der Waals surface area (Å²) in [7, 11) is 0. The fourth-order valence-electron chi connectivity index (χ4n) is 0.543. The van der Waals surface area contributed by atoms with Gasteiger partial charge in [-0.2, -0.15) is 0 Å². The third kappa shape index (κ3) is 6.89. The summed E-state index contributed by atoms with van der Waals surface area (Å²) in [4.78, 5) is 29.1. The van der Waals surface area contributed by atoms with Crippen molar-refractivity contribution in [3.63, 3.8) is 0 Å². The number of hydrogen-bond donors (Lipinski definition) is 3. The Labute approximate surface area is 89.2 Å². The molecular formula is C9H8O7. The van der Waals surface area contributed by atoms with Gasteiger partial charge in [0, 0.05) is 12.2 Å². The van der Waals surface area contributed by atoms with Crippen LogP contribution in [0, 0.1) is 0 Å². The minimum absolute atomic E-state index is 0.0231. The molecule has 86 valence electrons. The van der Waals surface area contributed by atoms with Crippen LogP contribution in [0.5, 0.6) is 0 Å². The van der Waals surface area contributed by atoms with Gasteiger partial charge in [-0.1, -0.05) is 0 Å². The number of carboxylic acid groups (broad SMARTS) is 3. The summed E-state index contributed by atoms with van der Waals surface area (Å²) < 4.78 is 4.50. The topological polar surface area (TPSA) is 125 Å². The van der Waals surface area contributed by atoms with Crippen molar-refractivity contribution in [1.82, 2.24) is 0 Å². The van der Waals surface area contributed by atoms with Crippen molar-refractivity contribution >= 4 is 17.9 Å². The Kier molecular flexibility index (Phi) is 5.73. The highest BCUT2D eigenvalue weighted by Crippen LogP contribution is 1.97. The molecule has 0 aromatic carbocycles. The number of hydrogen-bond acceptors (Lipinski definition) is 4. The molecule has 0 saturated carbocycles. The van der Waals surface area contributed by atoms with Crippen LogP contribution in [0.3, 0.4) is 0 Å². The highest BCUT2D eigenvalue weighted by molar-refractivity contribution is 5.89. The van der Waals surface area contributed by atoms with E-state index in [4.69, 9.17) is 15.3 Å². The van der Waals surface area contributed by atoms with E-state index in [0.717, 1.165) is 0 Å². The molecule has 0 aliphatic rings. The van der Waals surface area contributed by atoms with Crippen LogP contribution < -0.4 is 0 Å². The molecule has 3 N–H and O–H groups in total. The van der Waals surface area contributed by atoms with E-state index >= 15 is 0 Å². The summed E-state index contributed by atoms with van der Waals surface area (Å²) in [5.74, 6) is -3.57. The molecule has 0 fully saturated rings. The largest absolute Gasteiger partial charge is 0.478 e. The van der Waals surface area contributed by atoms with Crippen LogP contribution in [0.4, 0.5) is 0 Å². The third-order valence-corrected chi connectivity index (χ3v) is 1.10. The molecule has 1 rings (SSSR count). The van der Waals surface area contributed by atoms with Gasteiger partial charge in [-0.25, -0.2) is 14.4 Å². The average molecular weight is 228 g/mol. The monoisotopic (exact) mass is 228 g/mol. The van der Waals surface area contributed by atoms with Crippen molar-refractivity contribution in [2.75, 3.05) is 0 Å². The van der Waals surface area contributed by atoms with Gasteiger partial charge in [0.1, 0.15) is 0 Å². The number of carboxylic acids is 3. The zero-order chi connectivity index (χ0) is 12.6. The molecule has 16 heavy (non-hydrogen) atoms. The molecule has 0 unspecified atom stereocenters. The first-order valence-corrected chi connectivity index (χ1v) is 3.84. The van der Waals surface area contributed by atoms with Gasteiger partial charge in [0.2, 0.25) is 5.76 Å². The number of rotatable bonds is 3. The first-order valence-electron chi connectivity index (χ1n) is 3.84. The fourth-order valence-corrected chi connectivity index (χ4v) is 0.543. The van der Waals surface area contributed by atoms with E-state index < -0.39 is 17.9 Å². The maximum atomic E-state index is 9.97. The lowest BCUT2D eigenvalue weighted by atomic mass is 10.5. The summed E-state index contributed by atoms with van der Waals surface area (Å²) >= 11 is 0. The Balaban J connectivity index is 0.000000281. The van der Waals surface area contributed by atoms with Crippen LogP contribution in [0.25, 0.3) is 0 Å². The minimum atomic E-state index is -1.26. The Bertz CT molecular complexity index is 372. The van der Waals surface area contributed by atoms with Gasteiger partial charge >= 0.3 is 17.9 Å². The quantitative estimate of drug-likeness (QED) is 0.649. The molecule has 0 aliphatic carbocycles. The van der Waals surface area contributed by atoms with E-state index in [1.165, 1.54) is 18.4 Å². The molecule has 0 bridgehead atoms. The average Bonchev–Trinajstić information content (AvgIpc) is 2.68. The zero-order valence-electron chi connectivity index (χ0n) is 7.86. The van der Waals surface area contributed by atoms with E-state index in [1.54, 1.807) is 0 Å². The number of aliphatic carboxylic acids is 2. The lowest BCUT2D eigenvalue weighted by molar-refractivity contribution is -0.134. The standard InChI is InChI=1S/C5H4O3.C4H4O4/c6-5(7)4-2-1-3-8-4;5-3(6)1-2-4(7)8/h1-3H,(H,6,7);1-2H,(H,5,6)(H,7,8). The van der Waals surface area contributed by atoms with E-state index in [2.05, 4.69) is 4.42 Å². The maximum absolute atomic E-state index is 9.97.